The molecule has 8 heteroatoms. The normalized spacial score (nSPS) is 26.2. The summed E-state index contributed by atoms with van der Waals surface area (Å²) in [5, 5.41) is 7.42. The monoisotopic (exact) mass is 355 g/mol. The summed E-state index contributed by atoms with van der Waals surface area (Å²) in [6.07, 6.45) is 3.46. The first-order chi connectivity index (χ1) is 10.5. The largest absolute Gasteiger partial charge is 0.339 e. The number of aromatic nitrogens is 2. The van der Waals surface area contributed by atoms with Gasteiger partial charge in [-0.15, -0.1) is 12.4 Å². The molecule has 1 saturated heterocycles. The summed E-state index contributed by atoms with van der Waals surface area (Å²) in [7, 11) is -3.19. The van der Waals surface area contributed by atoms with E-state index in [1.165, 1.54) is 12.7 Å². The molecule has 4 rings (SSSR count). The number of sulfone groups is 1. The summed E-state index contributed by atoms with van der Waals surface area (Å²) in [6.45, 7) is 2.09. The fourth-order valence-electron chi connectivity index (χ4n) is 3.28. The van der Waals surface area contributed by atoms with Crippen LogP contribution in [-0.4, -0.2) is 37.9 Å². The van der Waals surface area contributed by atoms with E-state index in [2.05, 4.69) is 15.5 Å². The zero-order valence-electron chi connectivity index (χ0n) is 12.7. The highest BCUT2D eigenvalue weighted by Gasteiger charge is 2.58. The molecule has 1 N–H and O–H groups in total. The molecule has 1 aliphatic carbocycles. The summed E-state index contributed by atoms with van der Waals surface area (Å²) in [5.41, 5.74) is 1.09. The first kappa shape index (κ1) is 16.4. The van der Waals surface area contributed by atoms with Crippen LogP contribution < -0.4 is 5.32 Å². The molecule has 2 fully saturated rings. The van der Waals surface area contributed by atoms with Gasteiger partial charge in [0.2, 0.25) is 11.7 Å². The van der Waals surface area contributed by atoms with E-state index < -0.39 is 9.84 Å². The Morgan fingerprint density at radius 2 is 2.04 bits per heavy atom. The second kappa shape index (κ2) is 5.58. The van der Waals surface area contributed by atoms with Crippen molar-refractivity contribution in [3.8, 4) is 11.4 Å². The van der Waals surface area contributed by atoms with Gasteiger partial charge in [-0.2, -0.15) is 4.98 Å². The molecule has 2 atom stereocenters. The van der Waals surface area contributed by atoms with Crippen molar-refractivity contribution in [2.24, 2.45) is 5.41 Å². The third kappa shape index (κ3) is 2.88. The Kier molecular flexibility index (Phi) is 3.98. The van der Waals surface area contributed by atoms with Gasteiger partial charge < -0.3 is 9.84 Å². The van der Waals surface area contributed by atoms with Crippen LogP contribution in [0.5, 0.6) is 0 Å². The minimum Gasteiger partial charge on any atom is -0.339 e. The molecule has 0 amide bonds. The van der Waals surface area contributed by atoms with Crippen LogP contribution in [-0.2, 0) is 9.84 Å². The Hall–Kier alpha value is -1.44. The number of benzene rings is 1. The van der Waals surface area contributed by atoms with E-state index in [0.29, 0.717) is 23.0 Å². The Morgan fingerprint density at radius 1 is 1.30 bits per heavy atom. The molecular weight excluding hydrogens is 338 g/mol. The Morgan fingerprint density at radius 3 is 2.65 bits per heavy atom. The molecule has 1 spiro atoms. The Labute approximate surface area is 141 Å². The molecule has 124 valence electrons. The van der Waals surface area contributed by atoms with Crippen molar-refractivity contribution in [3.05, 3.63) is 30.2 Å². The Bertz CT molecular complexity index is 811. The van der Waals surface area contributed by atoms with Gasteiger partial charge in [0.1, 0.15) is 0 Å². The smallest absolute Gasteiger partial charge is 0.230 e. The van der Waals surface area contributed by atoms with E-state index >= 15 is 0 Å². The lowest BCUT2D eigenvalue weighted by Gasteiger charge is -2.02. The molecule has 1 aromatic heterocycles. The van der Waals surface area contributed by atoms with Crippen molar-refractivity contribution in [3.63, 3.8) is 0 Å². The summed E-state index contributed by atoms with van der Waals surface area (Å²) in [6, 6.07) is 6.57. The highest BCUT2D eigenvalue weighted by atomic mass is 35.5. The predicted octanol–water partition coefficient (Wildman–Crippen LogP) is 2.03. The van der Waals surface area contributed by atoms with Gasteiger partial charge in [-0.1, -0.05) is 5.16 Å². The highest BCUT2D eigenvalue weighted by molar-refractivity contribution is 7.90. The quantitative estimate of drug-likeness (QED) is 0.906. The van der Waals surface area contributed by atoms with Crippen LogP contribution in [0.1, 0.15) is 24.7 Å². The van der Waals surface area contributed by atoms with Crippen LogP contribution in [0.15, 0.2) is 33.7 Å². The number of hydrogen-bond donors (Lipinski definition) is 1. The van der Waals surface area contributed by atoms with Crippen molar-refractivity contribution in [2.45, 2.75) is 23.7 Å². The first-order valence-corrected chi connectivity index (χ1v) is 9.22. The topological polar surface area (TPSA) is 85.1 Å². The molecule has 23 heavy (non-hydrogen) atoms. The molecule has 2 unspecified atom stereocenters. The van der Waals surface area contributed by atoms with Crippen LogP contribution in [0.3, 0.4) is 0 Å². The zero-order valence-corrected chi connectivity index (χ0v) is 14.3. The van der Waals surface area contributed by atoms with Gasteiger partial charge >= 0.3 is 0 Å². The predicted molar refractivity (Wildman–Crippen MR) is 87.4 cm³/mol. The maximum atomic E-state index is 11.5. The maximum absolute atomic E-state index is 11.5. The Balaban J connectivity index is 0.00000156. The van der Waals surface area contributed by atoms with Gasteiger partial charge in [0.15, 0.2) is 9.84 Å². The molecule has 6 nitrogen and oxygen atoms in total. The van der Waals surface area contributed by atoms with Crippen molar-refractivity contribution < 1.29 is 12.9 Å². The van der Waals surface area contributed by atoms with Crippen LogP contribution in [0.4, 0.5) is 0 Å². The highest BCUT2D eigenvalue weighted by Crippen LogP contribution is 2.62. The summed E-state index contributed by atoms with van der Waals surface area (Å²) >= 11 is 0. The van der Waals surface area contributed by atoms with E-state index in [1.807, 2.05) is 0 Å². The molecule has 0 radical (unpaired) electrons. The standard InChI is InChI=1S/C15H17N3O3S.ClH/c1-22(19,20)11-4-2-10(3-5-11)13-17-14(21-18-13)12-8-15(12)6-7-16-9-15;/h2-5,12,16H,6-9H2,1H3;1H. The van der Waals surface area contributed by atoms with E-state index in [-0.39, 0.29) is 17.3 Å². The SMILES string of the molecule is CS(=O)(=O)c1ccc(-c2noc(C3CC34CCNC4)n2)cc1.Cl. The first-order valence-electron chi connectivity index (χ1n) is 7.33. The fourth-order valence-corrected chi connectivity index (χ4v) is 3.91. The summed E-state index contributed by atoms with van der Waals surface area (Å²) < 4.78 is 28.4. The average Bonchev–Trinajstić information content (AvgIpc) is 2.86. The number of nitrogens with one attached hydrogen (secondary N) is 1. The average molecular weight is 356 g/mol. The number of hydrogen-bond acceptors (Lipinski definition) is 6. The third-order valence-corrected chi connectivity index (χ3v) is 5.88. The zero-order chi connectivity index (χ0) is 15.4. The van der Waals surface area contributed by atoms with E-state index in [0.717, 1.165) is 25.1 Å². The number of rotatable bonds is 3. The van der Waals surface area contributed by atoms with Crippen LogP contribution in [0, 0.1) is 5.41 Å². The maximum Gasteiger partial charge on any atom is 0.230 e. The number of nitrogens with zero attached hydrogens (tertiary/aromatic N) is 2. The minimum absolute atomic E-state index is 0. The van der Waals surface area contributed by atoms with Crippen molar-refractivity contribution in [2.75, 3.05) is 19.3 Å². The molecule has 1 saturated carbocycles. The minimum atomic E-state index is -3.19. The van der Waals surface area contributed by atoms with E-state index in [4.69, 9.17) is 4.52 Å². The van der Waals surface area contributed by atoms with Crippen molar-refractivity contribution >= 4 is 22.2 Å². The van der Waals surface area contributed by atoms with Crippen LogP contribution in [0.25, 0.3) is 11.4 Å². The summed E-state index contributed by atoms with van der Waals surface area (Å²) in [4.78, 5) is 4.79. The van der Waals surface area contributed by atoms with Crippen molar-refractivity contribution in [1.82, 2.24) is 15.5 Å². The van der Waals surface area contributed by atoms with Gasteiger partial charge in [0.25, 0.3) is 0 Å². The number of halogens is 1. The molecule has 1 aromatic carbocycles. The lowest BCUT2D eigenvalue weighted by molar-refractivity contribution is 0.364. The molecule has 1 aliphatic heterocycles. The molecule has 2 aliphatic rings. The van der Waals surface area contributed by atoms with E-state index in [9.17, 15) is 8.42 Å². The third-order valence-electron chi connectivity index (χ3n) is 4.75. The van der Waals surface area contributed by atoms with Gasteiger partial charge in [-0.05, 0) is 49.1 Å². The lowest BCUT2D eigenvalue weighted by atomic mass is 10.0. The second-order valence-corrected chi connectivity index (χ2v) is 8.31. The summed E-state index contributed by atoms with van der Waals surface area (Å²) in [5.74, 6) is 1.58. The fraction of sp³-hybridized carbons (Fsp3) is 0.467. The second-order valence-electron chi connectivity index (χ2n) is 6.30. The molecular formula is C15H18ClN3O3S. The molecule has 0 bridgehead atoms. The van der Waals surface area contributed by atoms with E-state index in [1.54, 1.807) is 24.3 Å². The van der Waals surface area contributed by atoms with Gasteiger partial charge in [0, 0.05) is 24.3 Å². The van der Waals surface area contributed by atoms with Crippen LogP contribution in [0.2, 0.25) is 0 Å². The lowest BCUT2D eigenvalue weighted by Crippen LogP contribution is -2.10. The van der Waals surface area contributed by atoms with Gasteiger partial charge in [-0.3, -0.25) is 0 Å². The molecule has 2 aromatic rings. The van der Waals surface area contributed by atoms with Gasteiger partial charge in [-0.25, -0.2) is 8.42 Å². The molecule has 2 heterocycles. The van der Waals surface area contributed by atoms with Crippen LogP contribution >= 0.6 is 12.4 Å². The van der Waals surface area contributed by atoms with Crippen molar-refractivity contribution in [1.29, 1.82) is 0 Å². The van der Waals surface area contributed by atoms with Gasteiger partial charge in [0.05, 0.1) is 4.90 Å².